The number of amides is 1. The van der Waals surface area contributed by atoms with Gasteiger partial charge < -0.3 is 10.2 Å². The lowest BCUT2D eigenvalue weighted by Crippen LogP contribution is -2.52. The van der Waals surface area contributed by atoms with E-state index >= 15 is 0 Å². The topological polar surface area (TPSA) is 32.3 Å². The molecule has 2 aliphatic heterocycles. The Morgan fingerprint density at radius 1 is 1.44 bits per heavy atom. The van der Waals surface area contributed by atoms with E-state index in [1.54, 1.807) is 0 Å². The van der Waals surface area contributed by atoms with Crippen LogP contribution >= 0.6 is 11.8 Å². The predicted octanol–water partition coefficient (Wildman–Crippen LogP) is 1.34. The molecule has 92 valence electrons. The molecule has 0 spiro atoms. The van der Waals surface area contributed by atoms with Gasteiger partial charge in [-0.15, -0.1) is 0 Å². The Morgan fingerprint density at radius 3 is 2.88 bits per heavy atom. The predicted molar refractivity (Wildman–Crippen MR) is 68.7 cm³/mol. The van der Waals surface area contributed by atoms with Crippen LogP contribution in [0, 0.1) is 5.92 Å². The standard InChI is InChI=1S/C12H22N2OS/c1-10-9-13-4-5-14(10)12(15)8-11-2-6-16-7-3-11/h10-11,13H,2-9H2,1H3/t10-/m1/s1. The van der Waals surface area contributed by atoms with E-state index in [9.17, 15) is 4.79 Å². The van der Waals surface area contributed by atoms with Crippen LogP contribution in [0.25, 0.3) is 0 Å². The third-order valence-electron chi connectivity index (χ3n) is 3.63. The highest BCUT2D eigenvalue weighted by Crippen LogP contribution is 2.26. The first-order valence-electron chi connectivity index (χ1n) is 6.35. The lowest BCUT2D eigenvalue weighted by Gasteiger charge is -2.35. The summed E-state index contributed by atoms with van der Waals surface area (Å²) in [5.74, 6) is 3.52. The third kappa shape index (κ3) is 3.14. The fourth-order valence-electron chi connectivity index (χ4n) is 2.53. The van der Waals surface area contributed by atoms with E-state index < -0.39 is 0 Å². The summed E-state index contributed by atoms with van der Waals surface area (Å²) in [5, 5.41) is 3.33. The molecule has 4 heteroatoms. The van der Waals surface area contributed by atoms with Crippen molar-refractivity contribution in [3.05, 3.63) is 0 Å². The molecule has 0 radical (unpaired) electrons. The quantitative estimate of drug-likeness (QED) is 0.793. The summed E-state index contributed by atoms with van der Waals surface area (Å²) in [7, 11) is 0. The van der Waals surface area contributed by atoms with E-state index in [1.807, 2.05) is 11.8 Å². The third-order valence-corrected chi connectivity index (χ3v) is 4.67. The molecule has 16 heavy (non-hydrogen) atoms. The molecule has 0 bridgehead atoms. The SMILES string of the molecule is C[C@@H]1CNCCN1C(=O)CC1CCSCC1. The first-order valence-corrected chi connectivity index (χ1v) is 7.51. The fourth-order valence-corrected chi connectivity index (χ4v) is 3.73. The van der Waals surface area contributed by atoms with Crippen molar-refractivity contribution >= 4 is 17.7 Å². The van der Waals surface area contributed by atoms with E-state index in [4.69, 9.17) is 0 Å². The van der Waals surface area contributed by atoms with E-state index in [0.717, 1.165) is 26.1 Å². The van der Waals surface area contributed by atoms with E-state index in [2.05, 4.69) is 17.1 Å². The molecular formula is C12H22N2OS. The highest BCUT2D eigenvalue weighted by molar-refractivity contribution is 7.99. The van der Waals surface area contributed by atoms with Crippen molar-refractivity contribution in [1.82, 2.24) is 10.2 Å². The first kappa shape index (κ1) is 12.2. The van der Waals surface area contributed by atoms with Crippen molar-refractivity contribution in [2.45, 2.75) is 32.2 Å². The summed E-state index contributed by atoms with van der Waals surface area (Å²) < 4.78 is 0. The van der Waals surface area contributed by atoms with Gasteiger partial charge in [-0.1, -0.05) is 0 Å². The monoisotopic (exact) mass is 242 g/mol. The van der Waals surface area contributed by atoms with Gasteiger partial charge in [-0.3, -0.25) is 4.79 Å². The zero-order valence-electron chi connectivity index (χ0n) is 10.1. The van der Waals surface area contributed by atoms with Crippen molar-refractivity contribution < 1.29 is 4.79 Å². The molecule has 0 saturated carbocycles. The van der Waals surface area contributed by atoms with Gasteiger partial charge in [-0.25, -0.2) is 0 Å². The van der Waals surface area contributed by atoms with E-state index in [0.29, 0.717) is 17.9 Å². The van der Waals surface area contributed by atoms with Crippen LogP contribution in [0.15, 0.2) is 0 Å². The van der Waals surface area contributed by atoms with Gasteiger partial charge in [0.15, 0.2) is 0 Å². The maximum Gasteiger partial charge on any atom is 0.223 e. The van der Waals surface area contributed by atoms with Crippen LogP contribution in [-0.2, 0) is 4.79 Å². The van der Waals surface area contributed by atoms with Crippen LogP contribution in [0.3, 0.4) is 0 Å². The highest BCUT2D eigenvalue weighted by Gasteiger charge is 2.25. The second-order valence-electron chi connectivity index (χ2n) is 4.90. The Labute approximate surface area is 102 Å². The summed E-state index contributed by atoms with van der Waals surface area (Å²) >= 11 is 2.03. The smallest absolute Gasteiger partial charge is 0.223 e. The summed E-state index contributed by atoms with van der Waals surface area (Å²) in [5.41, 5.74) is 0. The summed E-state index contributed by atoms with van der Waals surface area (Å²) in [4.78, 5) is 14.2. The molecule has 2 aliphatic rings. The average Bonchev–Trinajstić information content (AvgIpc) is 2.31. The highest BCUT2D eigenvalue weighted by atomic mass is 32.2. The van der Waals surface area contributed by atoms with Crippen LogP contribution in [0.2, 0.25) is 0 Å². The second-order valence-corrected chi connectivity index (χ2v) is 6.12. The van der Waals surface area contributed by atoms with Crippen molar-refractivity contribution in [2.24, 2.45) is 5.92 Å². The fraction of sp³-hybridized carbons (Fsp3) is 0.917. The summed E-state index contributed by atoms with van der Waals surface area (Å²) in [6.07, 6.45) is 3.25. The van der Waals surface area contributed by atoms with Gasteiger partial charge in [0, 0.05) is 32.1 Å². The largest absolute Gasteiger partial charge is 0.337 e. The Balaban J connectivity index is 1.81. The van der Waals surface area contributed by atoms with Crippen LogP contribution < -0.4 is 5.32 Å². The molecule has 2 fully saturated rings. The van der Waals surface area contributed by atoms with Gasteiger partial charge in [-0.2, -0.15) is 11.8 Å². The Morgan fingerprint density at radius 2 is 2.19 bits per heavy atom. The van der Waals surface area contributed by atoms with Gasteiger partial charge >= 0.3 is 0 Å². The molecule has 0 aromatic rings. The average molecular weight is 242 g/mol. The van der Waals surface area contributed by atoms with Crippen LogP contribution in [0.5, 0.6) is 0 Å². The first-order chi connectivity index (χ1) is 7.77. The number of carbonyl (C=O) groups is 1. The van der Waals surface area contributed by atoms with Gasteiger partial charge in [0.25, 0.3) is 0 Å². The molecule has 1 amide bonds. The molecule has 1 N–H and O–H groups in total. The number of piperazine rings is 1. The molecule has 2 rings (SSSR count). The Bertz CT molecular complexity index is 241. The maximum absolute atomic E-state index is 12.2. The zero-order valence-corrected chi connectivity index (χ0v) is 10.9. The van der Waals surface area contributed by atoms with Crippen molar-refractivity contribution in [3.63, 3.8) is 0 Å². The van der Waals surface area contributed by atoms with E-state index in [1.165, 1.54) is 24.3 Å². The number of nitrogens with one attached hydrogen (secondary N) is 1. The molecule has 0 aliphatic carbocycles. The Kier molecular flexibility index (Phi) is 4.53. The molecule has 0 unspecified atom stereocenters. The summed E-state index contributed by atoms with van der Waals surface area (Å²) in [6, 6.07) is 0.374. The molecule has 2 heterocycles. The van der Waals surface area contributed by atoms with E-state index in [-0.39, 0.29) is 0 Å². The number of hydrogen-bond acceptors (Lipinski definition) is 3. The lowest BCUT2D eigenvalue weighted by molar-refractivity contribution is -0.135. The summed E-state index contributed by atoms with van der Waals surface area (Å²) in [6.45, 7) is 4.94. The number of rotatable bonds is 2. The van der Waals surface area contributed by atoms with Crippen LogP contribution in [0.1, 0.15) is 26.2 Å². The van der Waals surface area contributed by atoms with Gasteiger partial charge in [0.2, 0.25) is 5.91 Å². The maximum atomic E-state index is 12.2. The Hall–Kier alpha value is -0.220. The minimum Gasteiger partial charge on any atom is -0.337 e. The number of carbonyl (C=O) groups excluding carboxylic acids is 1. The normalized spacial score (nSPS) is 28.1. The van der Waals surface area contributed by atoms with Gasteiger partial charge in [0.05, 0.1) is 0 Å². The van der Waals surface area contributed by atoms with Crippen molar-refractivity contribution in [3.8, 4) is 0 Å². The molecular weight excluding hydrogens is 220 g/mol. The van der Waals surface area contributed by atoms with Gasteiger partial charge in [0.1, 0.15) is 0 Å². The second kappa shape index (κ2) is 5.92. The number of nitrogens with zero attached hydrogens (tertiary/aromatic N) is 1. The number of hydrogen-bond donors (Lipinski definition) is 1. The van der Waals surface area contributed by atoms with Crippen LogP contribution in [0.4, 0.5) is 0 Å². The molecule has 1 atom stereocenters. The molecule has 0 aromatic carbocycles. The molecule has 0 aromatic heterocycles. The number of thioether (sulfide) groups is 1. The molecule has 2 saturated heterocycles. The lowest BCUT2D eigenvalue weighted by atomic mass is 9.97. The zero-order chi connectivity index (χ0) is 11.4. The molecule has 3 nitrogen and oxygen atoms in total. The van der Waals surface area contributed by atoms with Crippen molar-refractivity contribution in [1.29, 1.82) is 0 Å². The van der Waals surface area contributed by atoms with Crippen molar-refractivity contribution in [2.75, 3.05) is 31.1 Å². The van der Waals surface area contributed by atoms with Crippen LogP contribution in [-0.4, -0.2) is 48.0 Å². The van der Waals surface area contributed by atoms with Gasteiger partial charge in [-0.05, 0) is 37.2 Å². The minimum atomic E-state index is 0.374. The minimum absolute atomic E-state index is 0.374.